The molecule has 1 N–H and O–H groups in total. The largest absolute Gasteiger partial charge is 0.316 e. The number of nitrogens with zero attached hydrogens (tertiary/aromatic N) is 1. The van der Waals surface area contributed by atoms with E-state index in [2.05, 4.69) is 43.1 Å². The summed E-state index contributed by atoms with van der Waals surface area (Å²) >= 11 is 1.95. The van der Waals surface area contributed by atoms with Crippen molar-refractivity contribution >= 4 is 11.3 Å². The average molecular weight is 280 g/mol. The molecular weight excluding hydrogens is 252 g/mol. The topological polar surface area (TPSA) is 15.3 Å². The molecule has 0 saturated carbocycles. The highest BCUT2D eigenvalue weighted by molar-refractivity contribution is 7.12. The summed E-state index contributed by atoms with van der Waals surface area (Å²) in [7, 11) is 0. The summed E-state index contributed by atoms with van der Waals surface area (Å²) in [5, 5.41) is 3.54. The molecule has 1 aromatic heterocycles. The smallest absolute Gasteiger partial charge is 0.0413 e. The maximum Gasteiger partial charge on any atom is 0.0413 e. The zero-order valence-electron chi connectivity index (χ0n) is 12.6. The van der Waals surface area contributed by atoms with Crippen LogP contribution in [0.1, 0.15) is 48.9 Å². The van der Waals surface area contributed by atoms with Crippen LogP contribution < -0.4 is 5.32 Å². The van der Waals surface area contributed by atoms with Crippen molar-refractivity contribution in [3.63, 3.8) is 0 Å². The van der Waals surface area contributed by atoms with E-state index >= 15 is 0 Å². The second-order valence-corrected chi connectivity index (χ2v) is 7.15. The van der Waals surface area contributed by atoms with Crippen LogP contribution in [0.4, 0.5) is 0 Å². The third-order valence-electron chi connectivity index (χ3n) is 4.12. The van der Waals surface area contributed by atoms with Gasteiger partial charge in [0.2, 0.25) is 0 Å². The van der Waals surface area contributed by atoms with E-state index in [1.54, 1.807) is 0 Å². The van der Waals surface area contributed by atoms with E-state index < -0.39 is 0 Å². The fourth-order valence-electron chi connectivity index (χ4n) is 3.00. The van der Waals surface area contributed by atoms with E-state index in [-0.39, 0.29) is 0 Å². The minimum absolute atomic E-state index is 0.570. The van der Waals surface area contributed by atoms with Gasteiger partial charge in [0.1, 0.15) is 0 Å². The van der Waals surface area contributed by atoms with Crippen LogP contribution >= 0.6 is 11.3 Å². The molecule has 1 saturated heterocycles. The fraction of sp³-hybridized carbons (Fsp3) is 0.750. The summed E-state index contributed by atoms with van der Waals surface area (Å²) in [6.45, 7) is 11.7. The molecule has 0 amide bonds. The van der Waals surface area contributed by atoms with Crippen LogP contribution in [0.3, 0.4) is 0 Å². The summed E-state index contributed by atoms with van der Waals surface area (Å²) in [4.78, 5) is 5.63. The molecule has 0 spiro atoms. The van der Waals surface area contributed by atoms with Crippen molar-refractivity contribution in [3.8, 4) is 0 Å². The Balaban J connectivity index is 1.97. The van der Waals surface area contributed by atoms with Crippen LogP contribution in [0, 0.1) is 12.8 Å². The lowest BCUT2D eigenvalue weighted by molar-refractivity contribution is 0.165. The maximum atomic E-state index is 3.54. The minimum atomic E-state index is 0.570. The number of piperidine rings is 1. The quantitative estimate of drug-likeness (QED) is 0.852. The van der Waals surface area contributed by atoms with Gasteiger partial charge in [0.15, 0.2) is 0 Å². The first-order valence-electron chi connectivity index (χ1n) is 7.71. The number of nitrogens with one attached hydrogen (secondary N) is 1. The Kier molecular flexibility index (Phi) is 5.86. The van der Waals surface area contributed by atoms with E-state index in [1.165, 1.54) is 55.2 Å². The van der Waals surface area contributed by atoms with E-state index in [0.29, 0.717) is 6.04 Å². The average Bonchev–Trinajstić information content (AvgIpc) is 2.85. The second kappa shape index (κ2) is 7.41. The van der Waals surface area contributed by atoms with Gasteiger partial charge >= 0.3 is 0 Å². The van der Waals surface area contributed by atoms with E-state index in [1.807, 2.05) is 11.3 Å². The predicted octanol–water partition coefficient (Wildman–Crippen LogP) is 3.83. The molecule has 1 aliphatic heterocycles. The lowest BCUT2D eigenvalue weighted by Crippen LogP contribution is -2.39. The van der Waals surface area contributed by atoms with Gasteiger partial charge in [0, 0.05) is 22.3 Å². The van der Waals surface area contributed by atoms with Gasteiger partial charge in [0.25, 0.3) is 0 Å². The first-order chi connectivity index (χ1) is 9.20. The zero-order valence-corrected chi connectivity index (χ0v) is 13.4. The van der Waals surface area contributed by atoms with Crippen LogP contribution in [-0.4, -0.2) is 31.1 Å². The Bertz CT molecular complexity index is 369. The Labute approximate surface area is 122 Å². The van der Waals surface area contributed by atoms with Gasteiger partial charge in [-0.25, -0.2) is 0 Å². The fourth-order valence-corrected chi connectivity index (χ4v) is 3.96. The van der Waals surface area contributed by atoms with Gasteiger partial charge in [0.05, 0.1) is 0 Å². The van der Waals surface area contributed by atoms with Gasteiger partial charge in [-0.05, 0) is 70.8 Å². The summed E-state index contributed by atoms with van der Waals surface area (Å²) < 4.78 is 0. The summed E-state index contributed by atoms with van der Waals surface area (Å²) in [6.07, 6.45) is 3.98. The lowest BCUT2D eigenvalue weighted by atomic mass is 9.98. The van der Waals surface area contributed by atoms with Crippen molar-refractivity contribution < 1.29 is 0 Å². The van der Waals surface area contributed by atoms with Gasteiger partial charge in [-0.15, -0.1) is 11.3 Å². The molecule has 2 nitrogen and oxygen atoms in total. The van der Waals surface area contributed by atoms with Crippen LogP contribution in [0.2, 0.25) is 0 Å². The van der Waals surface area contributed by atoms with Crippen molar-refractivity contribution in [2.24, 2.45) is 5.92 Å². The number of rotatable bonds is 6. The molecule has 2 unspecified atom stereocenters. The number of aryl methyl sites for hydroxylation is 1. The predicted molar refractivity (Wildman–Crippen MR) is 84.9 cm³/mol. The van der Waals surface area contributed by atoms with Crippen molar-refractivity contribution in [3.05, 3.63) is 21.9 Å². The van der Waals surface area contributed by atoms with E-state index in [0.717, 1.165) is 5.92 Å². The molecule has 1 fully saturated rings. The van der Waals surface area contributed by atoms with E-state index in [9.17, 15) is 0 Å². The molecule has 108 valence electrons. The molecule has 1 aromatic rings. The summed E-state index contributed by atoms with van der Waals surface area (Å²) in [5.74, 6) is 0.837. The molecule has 0 radical (unpaired) electrons. The van der Waals surface area contributed by atoms with E-state index in [4.69, 9.17) is 0 Å². The molecule has 3 heteroatoms. The second-order valence-electron chi connectivity index (χ2n) is 5.83. The van der Waals surface area contributed by atoms with Gasteiger partial charge in [-0.1, -0.05) is 6.92 Å². The molecule has 0 aromatic carbocycles. The molecule has 2 heterocycles. The van der Waals surface area contributed by atoms with Gasteiger partial charge < -0.3 is 5.32 Å². The normalized spacial score (nSPS) is 21.8. The SMILES string of the molecule is CCCN(CC1CCCNC1)C(C)c1ccc(C)s1. The number of hydrogen-bond acceptors (Lipinski definition) is 3. The minimum Gasteiger partial charge on any atom is -0.316 e. The van der Waals surface area contributed by atoms with Crippen molar-refractivity contribution in [1.29, 1.82) is 0 Å². The Morgan fingerprint density at radius 3 is 2.89 bits per heavy atom. The van der Waals surface area contributed by atoms with Gasteiger partial charge in [-0.3, -0.25) is 4.90 Å². The monoisotopic (exact) mass is 280 g/mol. The third kappa shape index (κ3) is 4.30. The third-order valence-corrected chi connectivity index (χ3v) is 5.29. The van der Waals surface area contributed by atoms with Crippen LogP contribution in [-0.2, 0) is 0 Å². The highest BCUT2D eigenvalue weighted by Gasteiger charge is 2.21. The molecule has 0 aliphatic carbocycles. The molecule has 2 rings (SSSR count). The van der Waals surface area contributed by atoms with Crippen molar-refractivity contribution in [2.75, 3.05) is 26.2 Å². The first kappa shape index (κ1) is 15.0. The highest BCUT2D eigenvalue weighted by atomic mass is 32.1. The van der Waals surface area contributed by atoms with Crippen LogP contribution in [0.25, 0.3) is 0 Å². The number of thiophene rings is 1. The molecule has 0 bridgehead atoms. The zero-order chi connectivity index (χ0) is 13.7. The highest BCUT2D eigenvalue weighted by Crippen LogP contribution is 2.28. The first-order valence-corrected chi connectivity index (χ1v) is 8.53. The van der Waals surface area contributed by atoms with Crippen LogP contribution in [0.15, 0.2) is 12.1 Å². The Morgan fingerprint density at radius 1 is 1.47 bits per heavy atom. The van der Waals surface area contributed by atoms with Gasteiger partial charge in [-0.2, -0.15) is 0 Å². The summed E-state index contributed by atoms with van der Waals surface area (Å²) in [6, 6.07) is 5.13. The number of hydrogen-bond donors (Lipinski definition) is 1. The molecule has 2 atom stereocenters. The summed E-state index contributed by atoms with van der Waals surface area (Å²) in [5.41, 5.74) is 0. The van der Waals surface area contributed by atoms with Crippen LogP contribution in [0.5, 0.6) is 0 Å². The standard InChI is InChI=1S/C16H28N2S/c1-4-10-18(12-15-6-5-9-17-11-15)14(3)16-8-7-13(2)19-16/h7-8,14-15,17H,4-6,9-12H2,1-3H3. The van der Waals surface area contributed by atoms with Crippen molar-refractivity contribution in [2.45, 2.75) is 46.1 Å². The Morgan fingerprint density at radius 2 is 2.32 bits per heavy atom. The van der Waals surface area contributed by atoms with Crippen molar-refractivity contribution in [1.82, 2.24) is 10.2 Å². The lowest BCUT2D eigenvalue weighted by Gasteiger charge is -2.33. The Hall–Kier alpha value is -0.380. The molecule has 1 aliphatic rings. The maximum absolute atomic E-state index is 3.54. The molecule has 19 heavy (non-hydrogen) atoms. The molecular formula is C16H28N2S.